The lowest BCUT2D eigenvalue weighted by atomic mass is 9.97. The molecule has 88 valence electrons. The van der Waals surface area contributed by atoms with Gasteiger partial charge in [-0.1, -0.05) is 0 Å². The summed E-state index contributed by atoms with van der Waals surface area (Å²) in [6.45, 7) is 2.41. The zero-order valence-corrected chi connectivity index (χ0v) is 11.7. The van der Waals surface area contributed by atoms with Gasteiger partial charge >= 0.3 is 0 Å². The highest BCUT2D eigenvalue weighted by molar-refractivity contribution is 9.10. The Morgan fingerprint density at radius 3 is 3.12 bits per heavy atom. The van der Waals surface area contributed by atoms with Crippen molar-refractivity contribution in [3.8, 4) is 0 Å². The van der Waals surface area contributed by atoms with Crippen molar-refractivity contribution in [2.75, 3.05) is 18.8 Å². The molecule has 16 heavy (non-hydrogen) atoms. The number of rotatable bonds is 4. The molecule has 1 aromatic rings. The van der Waals surface area contributed by atoms with Crippen molar-refractivity contribution in [3.05, 3.63) is 22.8 Å². The maximum Gasteiger partial charge on any atom is 0.0960 e. The van der Waals surface area contributed by atoms with Gasteiger partial charge in [-0.3, -0.25) is 0 Å². The van der Waals surface area contributed by atoms with Crippen LogP contribution < -0.4 is 5.32 Å². The van der Waals surface area contributed by atoms with Crippen LogP contribution in [0.5, 0.6) is 0 Å². The molecule has 0 amide bonds. The zero-order valence-electron chi connectivity index (χ0n) is 9.29. The van der Waals surface area contributed by atoms with E-state index in [-0.39, 0.29) is 0 Å². The Labute approximate surface area is 110 Å². The van der Waals surface area contributed by atoms with Gasteiger partial charge in [-0.25, -0.2) is 4.98 Å². The predicted octanol–water partition coefficient (Wildman–Crippen LogP) is 3.33. The Hall–Kier alpha value is -0.0600. The SMILES string of the molecule is Brc1ccc(SCCC2CCCNC2)nc1. The van der Waals surface area contributed by atoms with Crippen LogP contribution in [0.4, 0.5) is 0 Å². The van der Waals surface area contributed by atoms with E-state index in [4.69, 9.17) is 0 Å². The largest absolute Gasteiger partial charge is 0.316 e. The van der Waals surface area contributed by atoms with Crippen molar-refractivity contribution in [1.29, 1.82) is 0 Å². The summed E-state index contributed by atoms with van der Waals surface area (Å²) in [4.78, 5) is 4.36. The Balaban J connectivity index is 1.69. The highest BCUT2D eigenvalue weighted by Gasteiger charge is 2.12. The van der Waals surface area contributed by atoms with Crippen LogP contribution in [0.2, 0.25) is 0 Å². The standard InChI is InChI=1S/C12H17BrN2S/c13-11-3-4-12(15-9-11)16-7-5-10-2-1-6-14-8-10/h3-4,9-10,14H,1-2,5-8H2. The first-order valence-corrected chi connectivity index (χ1v) is 7.57. The smallest absolute Gasteiger partial charge is 0.0960 e. The van der Waals surface area contributed by atoms with Crippen molar-refractivity contribution in [1.82, 2.24) is 10.3 Å². The van der Waals surface area contributed by atoms with E-state index >= 15 is 0 Å². The van der Waals surface area contributed by atoms with E-state index < -0.39 is 0 Å². The molecular weight excluding hydrogens is 284 g/mol. The van der Waals surface area contributed by atoms with Crippen molar-refractivity contribution < 1.29 is 0 Å². The second-order valence-electron chi connectivity index (χ2n) is 4.16. The van der Waals surface area contributed by atoms with E-state index in [0.29, 0.717) is 0 Å². The first-order valence-electron chi connectivity index (χ1n) is 5.79. The normalized spacial score (nSPS) is 20.9. The fourth-order valence-electron chi connectivity index (χ4n) is 1.95. The van der Waals surface area contributed by atoms with Crippen LogP contribution >= 0.6 is 27.7 Å². The monoisotopic (exact) mass is 300 g/mol. The van der Waals surface area contributed by atoms with E-state index in [9.17, 15) is 0 Å². The molecule has 1 fully saturated rings. The molecule has 4 heteroatoms. The van der Waals surface area contributed by atoms with E-state index in [2.05, 4.69) is 38.4 Å². The molecule has 0 radical (unpaired) electrons. The molecule has 1 N–H and O–H groups in total. The summed E-state index contributed by atoms with van der Waals surface area (Å²) >= 11 is 5.26. The Morgan fingerprint density at radius 2 is 2.44 bits per heavy atom. The summed E-state index contributed by atoms with van der Waals surface area (Å²) in [6, 6.07) is 4.13. The molecule has 1 atom stereocenters. The van der Waals surface area contributed by atoms with Crippen molar-refractivity contribution in [2.24, 2.45) is 5.92 Å². The number of halogens is 1. The minimum Gasteiger partial charge on any atom is -0.316 e. The molecule has 0 aromatic carbocycles. The van der Waals surface area contributed by atoms with Gasteiger partial charge in [-0.2, -0.15) is 0 Å². The van der Waals surface area contributed by atoms with Gasteiger partial charge in [0.05, 0.1) is 5.03 Å². The van der Waals surface area contributed by atoms with Crippen LogP contribution in [0, 0.1) is 5.92 Å². The van der Waals surface area contributed by atoms with E-state index in [1.807, 2.05) is 18.0 Å². The number of aromatic nitrogens is 1. The molecule has 2 rings (SSSR count). The fourth-order valence-corrected chi connectivity index (χ4v) is 3.13. The van der Waals surface area contributed by atoms with Gasteiger partial charge in [0.2, 0.25) is 0 Å². The molecule has 2 nitrogen and oxygen atoms in total. The van der Waals surface area contributed by atoms with Gasteiger partial charge in [0.1, 0.15) is 0 Å². The van der Waals surface area contributed by atoms with Crippen LogP contribution in [0.25, 0.3) is 0 Å². The molecule has 1 unspecified atom stereocenters. The topological polar surface area (TPSA) is 24.9 Å². The molecule has 0 spiro atoms. The fraction of sp³-hybridized carbons (Fsp3) is 0.583. The lowest BCUT2D eigenvalue weighted by Crippen LogP contribution is -2.29. The third kappa shape index (κ3) is 4.07. The quantitative estimate of drug-likeness (QED) is 0.864. The van der Waals surface area contributed by atoms with Crippen molar-refractivity contribution in [3.63, 3.8) is 0 Å². The summed E-state index contributed by atoms with van der Waals surface area (Å²) in [6.07, 6.45) is 5.90. The molecule has 0 bridgehead atoms. The van der Waals surface area contributed by atoms with Gasteiger partial charge < -0.3 is 5.32 Å². The summed E-state index contributed by atoms with van der Waals surface area (Å²) in [5.74, 6) is 2.05. The maximum atomic E-state index is 4.36. The third-order valence-electron chi connectivity index (χ3n) is 2.88. The minimum atomic E-state index is 0.872. The van der Waals surface area contributed by atoms with E-state index in [1.54, 1.807) is 0 Å². The number of hydrogen-bond acceptors (Lipinski definition) is 3. The van der Waals surface area contributed by atoms with Crippen LogP contribution in [0.3, 0.4) is 0 Å². The molecule has 0 saturated carbocycles. The van der Waals surface area contributed by atoms with Crippen molar-refractivity contribution >= 4 is 27.7 Å². The third-order valence-corrected chi connectivity index (χ3v) is 4.32. The van der Waals surface area contributed by atoms with Gasteiger partial charge in [0.25, 0.3) is 0 Å². The summed E-state index contributed by atoms with van der Waals surface area (Å²) in [5, 5.41) is 4.59. The number of thioether (sulfide) groups is 1. The second kappa shape index (κ2) is 6.62. The molecule has 1 aromatic heterocycles. The average Bonchev–Trinajstić information content (AvgIpc) is 2.33. The van der Waals surface area contributed by atoms with E-state index in [1.165, 1.54) is 38.1 Å². The Kier molecular flexibility index (Phi) is 5.13. The van der Waals surface area contributed by atoms with Gasteiger partial charge in [0.15, 0.2) is 0 Å². The lowest BCUT2D eigenvalue weighted by Gasteiger charge is -2.22. The van der Waals surface area contributed by atoms with Crippen molar-refractivity contribution in [2.45, 2.75) is 24.3 Å². The summed E-state index contributed by atoms with van der Waals surface area (Å²) in [7, 11) is 0. The Bertz CT molecular complexity index is 309. The molecular formula is C12H17BrN2S. The second-order valence-corrected chi connectivity index (χ2v) is 6.20. The predicted molar refractivity (Wildman–Crippen MR) is 72.9 cm³/mol. The van der Waals surface area contributed by atoms with Gasteiger partial charge in [0, 0.05) is 10.7 Å². The van der Waals surface area contributed by atoms with Crippen LogP contribution in [-0.2, 0) is 0 Å². The van der Waals surface area contributed by atoms with Crippen LogP contribution in [0.1, 0.15) is 19.3 Å². The number of nitrogens with zero attached hydrogens (tertiary/aromatic N) is 1. The van der Waals surface area contributed by atoms with Gasteiger partial charge in [-0.15, -0.1) is 11.8 Å². The average molecular weight is 301 g/mol. The summed E-state index contributed by atoms with van der Waals surface area (Å²) in [5.41, 5.74) is 0. The summed E-state index contributed by atoms with van der Waals surface area (Å²) < 4.78 is 1.05. The maximum absolute atomic E-state index is 4.36. The van der Waals surface area contributed by atoms with Crippen LogP contribution in [-0.4, -0.2) is 23.8 Å². The first-order chi connectivity index (χ1) is 7.84. The number of nitrogens with one attached hydrogen (secondary N) is 1. The first kappa shape index (κ1) is 12.4. The molecule has 0 aliphatic carbocycles. The van der Waals surface area contributed by atoms with Gasteiger partial charge in [-0.05, 0) is 72.1 Å². The van der Waals surface area contributed by atoms with Crippen LogP contribution in [0.15, 0.2) is 27.8 Å². The van der Waals surface area contributed by atoms with E-state index in [0.717, 1.165) is 15.4 Å². The minimum absolute atomic E-state index is 0.872. The number of hydrogen-bond donors (Lipinski definition) is 1. The molecule has 1 aliphatic rings. The molecule has 1 aliphatic heterocycles. The Morgan fingerprint density at radius 1 is 1.50 bits per heavy atom. The highest BCUT2D eigenvalue weighted by atomic mass is 79.9. The highest BCUT2D eigenvalue weighted by Crippen LogP contribution is 2.22. The zero-order chi connectivity index (χ0) is 11.2. The molecule has 2 heterocycles. The molecule has 1 saturated heterocycles. The number of piperidine rings is 1. The lowest BCUT2D eigenvalue weighted by molar-refractivity contribution is 0.371. The number of pyridine rings is 1.